The van der Waals surface area contributed by atoms with Crippen LogP contribution in [0.4, 0.5) is 0 Å². The number of unbranched alkanes of at least 4 members (excludes halogenated alkanes) is 3. The number of ether oxygens (including phenoxy) is 3. The lowest BCUT2D eigenvalue weighted by molar-refractivity contribution is -0.116. The highest BCUT2D eigenvalue weighted by Crippen LogP contribution is 2.28. The quantitative estimate of drug-likeness (QED) is 0.479. The molecule has 5 nitrogen and oxygen atoms in total. The van der Waals surface area contributed by atoms with E-state index in [4.69, 9.17) is 14.2 Å². The molecule has 0 spiro atoms. The van der Waals surface area contributed by atoms with Crippen LogP contribution >= 0.6 is 0 Å². The van der Waals surface area contributed by atoms with E-state index in [0.29, 0.717) is 18.9 Å². The molecule has 1 saturated heterocycles. The van der Waals surface area contributed by atoms with Crippen molar-refractivity contribution >= 4 is 12.0 Å². The number of carbonyl (C=O) groups is 1. The van der Waals surface area contributed by atoms with Crippen molar-refractivity contribution in [2.24, 2.45) is 0 Å². The summed E-state index contributed by atoms with van der Waals surface area (Å²) < 4.78 is 16.7. The Labute approximate surface area is 156 Å². The summed E-state index contributed by atoms with van der Waals surface area (Å²) in [6.07, 6.45) is 10.2. The van der Waals surface area contributed by atoms with E-state index >= 15 is 0 Å². The third-order valence-corrected chi connectivity index (χ3v) is 4.40. The molecule has 1 N–H and O–H groups in total. The van der Waals surface area contributed by atoms with Crippen LogP contribution in [-0.2, 0) is 9.53 Å². The summed E-state index contributed by atoms with van der Waals surface area (Å²) in [5.74, 6) is 1.31. The first-order chi connectivity index (χ1) is 12.7. The summed E-state index contributed by atoms with van der Waals surface area (Å²) in [7, 11) is 1.63. The average molecular weight is 361 g/mol. The molecule has 1 aromatic carbocycles. The van der Waals surface area contributed by atoms with Gasteiger partial charge in [0.1, 0.15) is 0 Å². The van der Waals surface area contributed by atoms with Crippen LogP contribution in [0.3, 0.4) is 0 Å². The molecule has 1 atom stereocenters. The van der Waals surface area contributed by atoms with E-state index < -0.39 is 0 Å². The van der Waals surface area contributed by atoms with Gasteiger partial charge >= 0.3 is 0 Å². The van der Waals surface area contributed by atoms with E-state index in [-0.39, 0.29) is 12.0 Å². The summed E-state index contributed by atoms with van der Waals surface area (Å²) >= 11 is 0. The number of rotatable bonds is 11. The third-order valence-electron chi connectivity index (χ3n) is 4.40. The molecule has 0 radical (unpaired) electrons. The van der Waals surface area contributed by atoms with Gasteiger partial charge in [0.05, 0.1) is 19.8 Å². The normalized spacial score (nSPS) is 16.8. The molecule has 1 aliphatic heterocycles. The molecule has 5 heteroatoms. The SMILES string of the molecule is CCCCCCOc1ccc(C=CC(=O)NCC2CCCO2)cc1OC. The molecule has 0 aromatic heterocycles. The van der Waals surface area contributed by atoms with Crippen LogP contribution < -0.4 is 14.8 Å². The van der Waals surface area contributed by atoms with Crippen molar-refractivity contribution < 1.29 is 19.0 Å². The van der Waals surface area contributed by atoms with Gasteiger partial charge in [-0.3, -0.25) is 4.79 Å². The third kappa shape index (κ3) is 7.08. The molecule has 1 amide bonds. The second-order valence-corrected chi connectivity index (χ2v) is 6.53. The maximum atomic E-state index is 11.9. The van der Waals surface area contributed by atoms with Crippen LogP contribution in [0.5, 0.6) is 11.5 Å². The van der Waals surface area contributed by atoms with Crippen molar-refractivity contribution in [1.29, 1.82) is 0 Å². The highest BCUT2D eigenvalue weighted by Gasteiger charge is 2.15. The molecule has 1 heterocycles. The van der Waals surface area contributed by atoms with Crippen molar-refractivity contribution in [1.82, 2.24) is 5.32 Å². The van der Waals surface area contributed by atoms with Crippen LogP contribution in [0.2, 0.25) is 0 Å². The smallest absolute Gasteiger partial charge is 0.244 e. The Kier molecular flexibility index (Phi) is 9.04. The van der Waals surface area contributed by atoms with Gasteiger partial charge in [-0.2, -0.15) is 0 Å². The molecule has 1 fully saturated rings. The zero-order chi connectivity index (χ0) is 18.6. The van der Waals surface area contributed by atoms with Gasteiger partial charge < -0.3 is 19.5 Å². The monoisotopic (exact) mass is 361 g/mol. The zero-order valence-corrected chi connectivity index (χ0v) is 16.0. The maximum Gasteiger partial charge on any atom is 0.244 e. The van der Waals surface area contributed by atoms with E-state index in [2.05, 4.69) is 12.2 Å². The summed E-state index contributed by atoms with van der Waals surface area (Å²) in [5, 5.41) is 2.87. The van der Waals surface area contributed by atoms with Gasteiger partial charge in [-0.25, -0.2) is 0 Å². The highest BCUT2D eigenvalue weighted by molar-refractivity contribution is 5.91. The number of hydrogen-bond donors (Lipinski definition) is 1. The molecule has 1 aliphatic rings. The van der Waals surface area contributed by atoms with Crippen molar-refractivity contribution in [3.63, 3.8) is 0 Å². The van der Waals surface area contributed by atoms with Crippen molar-refractivity contribution in [2.75, 3.05) is 26.9 Å². The second-order valence-electron chi connectivity index (χ2n) is 6.53. The molecular formula is C21H31NO4. The molecule has 144 valence electrons. The molecule has 0 aliphatic carbocycles. The predicted molar refractivity (Wildman–Crippen MR) is 104 cm³/mol. The molecule has 1 unspecified atom stereocenters. The fourth-order valence-electron chi connectivity index (χ4n) is 2.87. The van der Waals surface area contributed by atoms with Crippen LogP contribution in [0.25, 0.3) is 6.08 Å². The van der Waals surface area contributed by atoms with Gasteiger partial charge in [0.15, 0.2) is 11.5 Å². The number of hydrogen-bond acceptors (Lipinski definition) is 4. The van der Waals surface area contributed by atoms with E-state index in [9.17, 15) is 4.79 Å². The Morgan fingerprint density at radius 1 is 1.31 bits per heavy atom. The molecular weight excluding hydrogens is 330 g/mol. The number of methoxy groups -OCH3 is 1. The minimum absolute atomic E-state index is 0.115. The fraction of sp³-hybridized carbons (Fsp3) is 0.571. The van der Waals surface area contributed by atoms with Crippen molar-refractivity contribution in [2.45, 2.75) is 51.6 Å². The second kappa shape index (κ2) is 11.6. The van der Waals surface area contributed by atoms with Crippen LogP contribution in [0, 0.1) is 0 Å². The van der Waals surface area contributed by atoms with Crippen molar-refractivity contribution in [3.8, 4) is 11.5 Å². The number of carbonyl (C=O) groups excluding carboxylic acids is 1. The lowest BCUT2D eigenvalue weighted by atomic mass is 10.2. The highest BCUT2D eigenvalue weighted by atomic mass is 16.5. The van der Waals surface area contributed by atoms with E-state index in [1.165, 1.54) is 25.3 Å². The number of amides is 1. The number of benzene rings is 1. The average Bonchev–Trinajstić information content (AvgIpc) is 3.18. The minimum Gasteiger partial charge on any atom is -0.493 e. The zero-order valence-electron chi connectivity index (χ0n) is 16.0. The van der Waals surface area contributed by atoms with Gasteiger partial charge in [-0.15, -0.1) is 0 Å². The first-order valence-corrected chi connectivity index (χ1v) is 9.61. The van der Waals surface area contributed by atoms with Crippen LogP contribution in [0.1, 0.15) is 51.0 Å². The first-order valence-electron chi connectivity index (χ1n) is 9.61. The molecule has 0 bridgehead atoms. The molecule has 1 aromatic rings. The van der Waals surface area contributed by atoms with Gasteiger partial charge in [0.2, 0.25) is 5.91 Å². The Morgan fingerprint density at radius 3 is 2.92 bits per heavy atom. The lowest BCUT2D eigenvalue weighted by Gasteiger charge is -2.11. The van der Waals surface area contributed by atoms with Crippen LogP contribution in [-0.4, -0.2) is 38.9 Å². The Morgan fingerprint density at radius 2 is 2.19 bits per heavy atom. The van der Waals surface area contributed by atoms with E-state index in [1.807, 2.05) is 18.2 Å². The summed E-state index contributed by atoms with van der Waals surface area (Å²) in [4.78, 5) is 11.9. The minimum atomic E-state index is -0.115. The van der Waals surface area contributed by atoms with Gasteiger partial charge in [-0.1, -0.05) is 32.3 Å². The van der Waals surface area contributed by atoms with Gasteiger partial charge in [0.25, 0.3) is 0 Å². The first kappa shape index (κ1) is 20.3. The Balaban J connectivity index is 1.81. The maximum absolute atomic E-state index is 11.9. The van der Waals surface area contributed by atoms with Crippen LogP contribution in [0.15, 0.2) is 24.3 Å². The summed E-state index contributed by atoms with van der Waals surface area (Å²) in [6, 6.07) is 5.70. The van der Waals surface area contributed by atoms with E-state index in [1.54, 1.807) is 13.2 Å². The predicted octanol–water partition coefficient (Wildman–Crippen LogP) is 3.96. The Hall–Kier alpha value is -2.01. The molecule has 26 heavy (non-hydrogen) atoms. The van der Waals surface area contributed by atoms with Gasteiger partial charge in [0, 0.05) is 19.2 Å². The van der Waals surface area contributed by atoms with E-state index in [0.717, 1.165) is 37.2 Å². The van der Waals surface area contributed by atoms with Gasteiger partial charge in [-0.05, 0) is 43.0 Å². The largest absolute Gasteiger partial charge is 0.493 e. The fourth-order valence-corrected chi connectivity index (χ4v) is 2.87. The van der Waals surface area contributed by atoms with Crippen molar-refractivity contribution in [3.05, 3.63) is 29.8 Å². The lowest BCUT2D eigenvalue weighted by Crippen LogP contribution is -2.30. The topological polar surface area (TPSA) is 56.8 Å². The summed E-state index contributed by atoms with van der Waals surface area (Å²) in [5.41, 5.74) is 0.896. The Bertz CT molecular complexity index is 579. The standard InChI is InChI=1S/C21H31NO4/c1-3-4-5-6-13-26-19-11-9-17(15-20(19)24-2)10-12-21(23)22-16-18-8-7-14-25-18/h9-12,15,18H,3-8,13-14,16H2,1-2H3,(H,22,23). The molecule has 0 saturated carbocycles. The molecule has 2 rings (SSSR count). The number of nitrogens with one attached hydrogen (secondary N) is 1. The summed E-state index contributed by atoms with van der Waals surface area (Å²) in [6.45, 7) is 4.25.